The van der Waals surface area contributed by atoms with Crippen LogP contribution in [0.3, 0.4) is 0 Å². The zero-order chi connectivity index (χ0) is 12.7. The third kappa shape index (κ3) is 5.56. The highest BCUT2D eigenvalue weighted by Crippen LogP contribution is 2.28. The Balaban J connectivity index is 3.97. The molecule has 7 N–H and O–H groups in total. The number of carboxylic acid groups (broad SMARTS) is 2. The van der Waals surface area contributed by atoms with E-state index in [2.05, 4.69) is 0 Å². The van der Waals surface area contributed by atoms with Gasteiger partial charge in [0.2, 0.25) is 0 Å². The Kier molecular flexibility index (Phi) is 7.51. The van der Waals surface area contributed by atoms with E-state index in [1.807, 2.05) is 0 Å². The molecule has 0 fully saturated rings. The summed E-state index contributed by atoms with van der Waals surface area (Å²) in [5.41, 5.74) is 10.5. The zero-order valence-corrected chi connectivity index (χ0v) is 9.91. The summed E-state index contributed by atoms with van der Waals surface area (Å²) in [6.45, 7) is -0.395. The number of rotatable bonds is 8. The zero-order valence-electron chi connectivity index (χ0n) is 8.28. The second-order valence-electron chi connectivity index (χ2n) is 2.91. The van der Waals surface area contributed by atoms with E-state index in [4.69, 9.17) is 26.8 Å². The van der Waals surface area contributed by atoms with Crippen molar-refractivity contribution in [3.63, 3.8) is 0 Å². The number of nitrogens with two attached hydrogens (primary N) is 2. The molecule has 16 heavy (non-hydrogen) atoms. The van der Waals surface area contributed by atoms with Gasteiger partial charge >= 0.3 is 11.9 Å². The second-order valence-corrected chi connectivity index (χ2v) is 5.56. The lowest BCUT2D eigenvalue weighted by Gasteiger charge is -2.17. The Hall–Kier alpha value is -0.480. The van der Waals surface area contributed by atoms with E-state index in [1.54, 1.807) is 0 Å². The van der Waals surface area contributed by atoms with Gasteiger partial charge in [-0.25, -0.2) is 0 Å². The van der Waals surface area contributed by atoms with E-state index in [0.29, 0.717) is 0 Å². The standard InChI is InChI=1S/C7H14N2O5S2/c8-3(6(11)12)2-15-16-4(1-10)5(9)7(13)14/h3-5,10H,1-2,8-9H2,(H,11,12)(H,13,14). The molecule has 0 radical (unpaired) electrons. The Bertz CT molecular complexity index is 253. The Morgan fingerprint density at radius 1 is 1.19 bits per heavy atom. The molecule has 0 aliphatic carbocycles. The van der Waals surface area contributed by atoms with Crippen LogP contribution in [-0.4, -0.2) is 57.0 Å². The Morgan fingerprint density at radius 3 is 2.12 bits per heavy atom. The maximum absolute atomic E-state index is 10.5. The molecule has 0 aromatic heterocycles. The fourth-order valence-electron chi connectivity index (χ4n) is 0.634. The molecule has 0 spiro atoms. The van der Waals surface area contributed by atoms with Crippen LogP contribution >= 0.6 is 21.6 Å². The van der Waals surface area contributed by atoms with Crippen LogP contribution < -0.4 is 11.5 Å². The number of carbonyl (C=O) groups is 2. The molecule has 0 aromatic carbocycles. The van der Waals surface area contributed by atoms with Gasteiger partial charge in [-0.1, -0.05) is 21.6 Å². The molecule has 94 valence electrons. The van der Waals surface area contributed by atoms with Crippen LogP contribution in [-0.2, 0) is 9.59 Å². The van der Waals surface area contributed by atoms with Crippen LogP contribution in [0.2, 0.25) is 0 Å². The lowest BCUT2D eigenvalue weighted by molar-refractivity contribution is -0.139. The predicted molar refractivity (Wildman–Crippen MR) is 62.1 cm³/mol. The maximum atomic E-state index is 10.5. The molecule has 0 aromatic rings. The highest BCUT2D eigenvalue weighted by Gasteiger charge is 2.25. The van der Waals surface area contributed by atoms with Crippen molar-refractivity contribution in [2.75, 3.05) is 12.4 Å². The summed E-state index contributed by atoms with van der Waals surface area (Å²) < 4.78 is 0. The van der Waals surface area contributed by atoms with Gasteiger partial charge in [0.1, 0.15) is 12.1 Å². The minimum Gasteiger partial charge on any atom is -0.480 e. The van der Waals surface area contributed by atoms with Crippen molar-refractivity contribution in [1.29, 1.82) is 0 Å². The van der Waals surface area contributed by atoms with Crippen LogP contribution in [0.15, 0.2) is 0 Å². The smallest absolute Gasteiger partial charge is 0.321 e. The Labute approximate surface area is 100.0 Å². The summed E-state index contributed by atoms with van der Waals surface area (Å²) >= 11 is 0. The van der Waals surface area contributed by atoms with Crippen molar-refractivity contribution in [2.24, 2.45) is 11.5 Å². The molecule has 0 bridgehead atoms. The molecule has 7 nitrogen and oxygen atoms in total. The fourth-order valence-corrected chi connectivity index (χ4v) is 3.22. The third-order valence-electron chi connectivity index (χ3n) is 1.62. The molecular weight excluding hydrogens is 256 g/mol. The molecule has 3 atom stereocenters. The summed E-state index contributed by atoms with van der Waals surface area (Å²) in [5, 5.41) is 25.3. The largest absolute Gasteiger partial charge is 0.480 e. The highest BCUT2D eigenvalue weighted by molar-refractivity contribution is 8.77. The first-order chi connectivity index (χ1) is 7.40. The van der Waals surface area contributed by atoms with Gasteiger partial charge in [0, 0.05) is 5.75 Å². The first-order valence-electron chi connectivity index (χ1n) is 4.26. The topological polar surface area (TPSA) is 147 Å². The van der Waals surface area contributed by atoms with Crippen LogP contribution in [0.4, 0.5) is 0 Å². The molecule has 9 heteroatoms. The van der Waals surface area contributed by atoms with Crippen LogP contribution in [0.5, 0.6) is 0 Å². The van der Waals surface area contributed by atoms with Crippen LogP contribution in [0.1, 0.15) is 0 Å². The number of hydrogen-bond acceptors (Lipinski definition) is 7. The fraction of sp³-hybridized carbons (Fsp3) is 0.714. The van der Waals surface area contributed by atoms with Gasteiger partial charge < -0.3 is 26.8 Å². The summed E-state index contributed by atoms with van der Waals surface area (Å²) in [5.74, 6) is -2.23. The molecule has 0 aliphatic heterocycles. The molecule has 3 unspecified atom stereocenters. The normalized spacial score (nSPS) is 16.4. The molecule has 0 rings (SSSR count). The number of carboxylic acids is 2. The Morgan fingerprint density at radius 2 is 1.75 bits per heavy atom. The number of hydrogen-bond donors (Lipinski definition) is 5. The lowest BCUT2D eigenvalue weighted by Crippen LogP contribution is -2.41. The minimum atomic E-state index is -1.21. The monoisotopic (exact) mass is 270 g/mol. The minimum absolute atomic E-state index is 0.114. The van der Waals surface area contributed by atoms with Gasteiger partial charge in [0.15, 0.2) is 0 Å². The molecule has 0 heterocycles. The van der Waals surface area contributed by atoms with Crippen LogP contribution in [0.25, 0.3) is 0 Å². The molecule has 0 amide bonds. The van der Waals surface area contributed by atoms with E-state index in [0.717, 1.165) is 21.6 Å². The van der Waals surface area contributed by atoms with E-state index in [9.17, 15) is 9.59 Å². The van der Waals surface area contributed by atoms with Gasteiger partial charge in [-0.3, -0.25) is 9.59 Å². The predicted octanol–water partition coefficient (Wildman–Crippen LogP) is -1.45. The first-order valence-corrected chi connectivity index (χ1v) is 6.64. The average molecular weight is 270 g/mol. The molecule has 0 aliphatic rings. The molecule has 0 saturated heterocycles. The van der Waals surface area contributed by atoms with Crippen molar-refractivity contribution in [2.45, 2.75) is 17.3 Å². The quantitative estimate of drug-likeness (QED) is 0.334. The van der Waals surface area contributed by atoms with Crippen molar-refractivity contribution in [1.82, 2.24) is 0 Å². The lowest BCUT2D eigenvalue weighted by atomic mass is 10.2. The first kappa shape index (κ1) is 15.5. The van der Waals surface area contributed by atoms with Crippen molar-refractivity contribution in [3.05, 3.63) is 0 Å². The summed E-state index contributed by atoms with van der Waals surface area (Å²) in [7, 11) is 2.10. The number of aliphatic hydroxyl groups is 1. The molecule has 0 saturated carbocycles. The van der Waals surface area contributed by atoms with Gasteiger partial charge in [-0.15, -0.1) is 0 Å². The van der Waals surface area contributed by atoms with Gasteiger partial charge in [0.05, 0.1) is 11.9 Å². The van der Waals surface area contributed by atoms with E-state index in [1.165, 1.54) is 0 Å². The maximum Gasteiger partial charge on any atom is 0.321 e. The molecular formula is C7H14N2O5S2. The summed E-state index contributed by atoms with van der Waals surface area (Å²) in [4.78, 5) is 20.9. The SMILES string of the molecule is NC(CSSC(CO)C(N)C(=O)O)C(=O)O. The van der Waals surface area contributed by atoms with E-state index in [-0.39, 0.29) is 5.75 Å². The van der Waals surface area contributed by atoms with Crippen molar-refractivity contribution in [3.8, 4) is 0 Å². The summed E-state index contributed by atoms with van der Waals surface area (Å²) in [6.07, 6.45) is 0. The van der Waals surface area contributed by atoms with E-state index < -0.39 is 35.9 Å². The highest BCUT2D eigenvalue weighted by atomic mass is 33.1. The number of aliphatic hydroxyl groups excluding tert-OH is 1. The second kappa shape index (κ2) is 7.74. The van der Waals surface area contributed by atoms with Gasteiger partial charge in [0.25, 0.3) is 0 Å². The third-order valence-corrected chi connectivity index (χ3v) is 4.50. The van der Waals surface area contributed by atoms with Crippen molar-refractivity contribution < 1.29 is 24.9 Å². The van der Waals surface area contributed by atoms with Gasteiger partial charge in [-0.05, 0) is 0 Å². The van der Waals surface area contributed by atoms with Crippen LogP contribution in [0, 0.1) is 0 Å². The van der Waals surface area contributed by atoms with E-state index >= 15 is 0 Å². The summed E-state index contributed by atoms with van der Waals surface area (Å²) in [6, 6.07) is -2.21. The average Bonchev–Trinajstić information content (AvgIpc) is 2.22. The van der Waals surface area contributed by atoms with Gasteiger partial charge in [-0.2, -0.15) is 0 Å². The van der Waals surface area contributed by atoms with Crippen molar-refractivity contribution >= 4 is 33.5 Å². The number of aliphatic carboxylic acids is 2.